The number of nitrogens with zero attached hydrogens (tertiary/aromatic N) is 4. The van der Waals surface area contributed by atoms with Crippen LogP contribution in [0.5, 0.6) is 0 Å². The minimum atomic E-state index is -0.654. The average molecular weight is 362 g/mol. The van der Waals surface area contributed by atoms with Crippen molar-refractivity contribution in [3.8, 4) is 0 Å². The van der Waals surface area contributed by atoms with Crippen molar-refractivity contribution in [2.24, 2.45) is 0 Å². The number of aryl methyl sites for hydroxylation is 1. The van der Waals surface area contributed by atoms with Gasteiger partial charge in [0.15, 0.2) is 0 Å². The van der Waals surface area contributed by atoms with Gasteiger partial charge in [0.05, 0.1) is 10.9 Å². The Morgan fingerprint density at radius 3 is 2.44 bits per heavy atom. The van der Waals surface area contributed by atoms with E-state index in [-0.39, 0.29) is 11.5 Å². The van der Waals surface area contributed by atoms with Gasteiger partial charge >= 0.3 is 6.03 Å². The molecule has 0 unspecified atom stereocenters. The molecule has 0 saturated carbocycles. The first-order valence-electron chi connectivity index (χ1n) is 8.09. The minimum Gasteiger partial charge on any atom is -0.307 e. The molecule has 0 aliphatic rings. The van der Waals surface area contributed by atoms with Crippen LogP contribution in [0.4, 0.5) is 10.5 Å². The molecule has 9 heteroatoms. The van der Waals surface area contributed by atoms with E-state index in [0.717, 1.165) is 9.19 Å². The number of rotatable bonds is 2. The number of hydrogen-bond donors (Lipinski definition) is 2. The van der Waals surface area contributed by atoms with Gasteiger partial charge in [-0.25, -0.2) is 15.2 Å². The van der Waals surface area contributed by atoms with Crippen molar-refractivity contribution in [3.05, 3.63) is 81.0 Å². The first kappa shape index (κ1) is 16.5. The quantitative estimate of drug-likeness (QED) is 0.525. The summed E-state index contributed by atoms with van der Waals surface area (Å²) in [5, 5.41) is 6.98. The Labute approximate surface area is 151 Å². The molecule has 4 rings (SSSR count). The molecule has 0 saturated heterocycles. The Morgan fingerprint density at radius 2 is 1.67 bits per heavy atom. The van der Waals surface area contributed by atoms with Crippen molar-refractivity contribution in [2.75, 3.05) is 10.7 Å². The van der Waals surface area contributed by atoms with Crippen LogP contribution in [-0.4, -0.2) is 25.3 Å². The number of amides is 2. The van der Waals surface area contributed by atoms with Gasteiger partial charge in [-0.15, -0.1) is 0 Å². The zero-order chi connectivity index (χ0) is 19.0. The standard InChI is InChI=1S/C18H14N6O3/c1-11-15(25)23(22-17(27)19-12-7-3-2-4-8-12)18-20-14-10-6-5-9-13(14)16(26)24(18)21-11/h2-10H,1H3,(H2,19,22,27). The Bertz CT molecular complexity index is 1290. The van der Waals surface area contributed by atoms with E-state index in [4.69, 9.17) is 0 Å². The summed E-state index contributed by atoms with van der Waals surface area (Å²) in [4.78, 5) is 41.9. The number of carbonyl (C=O) groups excluding carboxylic acids is 1. The van der Waals surface area contributed by atoms with Crippen molar-refractivity contribution < 1.29 is 4.79 Å². The third-order valence-corrected chi connectivity index (χ3v) is 3.94. The number of aromatic nitrogens is 4. The zero-order valence-electron chi connectivity index (χ0n) is 14.2. The van der Waals surface area contributed by atoms with Gasteiger partial charge in [-0.3, -0.25) is 9.59 Å². The highest BCUT2D eigenvalue weighted by molar-refractivity contribution is 5.95. The maximum absolute atomic E-state index is 12.7. The molecular formula is C18H14N6O3. The zero-order valence-corrected chi connectivity index (χ0v) is 14.2. The lowest BCUT2D eigenvalue weighted by atomic mass is 10.2. The molecule has 9 nitrogen and oxygen atoms in total. The molecule has 2 heterocycles. The van der Waals surface area contributed by atoms with Crippen LogP contribution in [-0.2, 0) is 0 Å². The summed E-state index contributed by atoms with van der Waals surface area (Å²) in [6, 6.07) is 14.8. The number of fused-ring (bicyclic) bond motifs is 2. The molecule has 134 valence electrons. The third kappa shape index (κ3) is 2.91. The van der Waals surface area contributed by atoms with Crippen LogP contribution in [0.3, 0.4) is 0 Å². The van der Waals surface area contributed by atoms with Gasteiger partial charge in [-0.2, -0.15) is 14.3 Å². The van der Waals surface area contributed by atoms with E-state index in [9.17, 15) is 14.4 Å². The van der Waals surface area contributed by atoms with Crippen molar-refractivity contribution in [1.29, 1.82) is 0 Å². The molecule has 0 aliphatic heterocycles. The van der Waals surface area contributed by atoms with Gasteiger partial charge in [-0.1, -0.05) is 30.3 Å². The van der Waals surface area contributed by atoms with Crippen LogP contribution >= 0.6 is 0 Å². The molecule has 2 N–H and O–H groups in total. The lowest BCUT2D eigenvalue weighted by molar-refractivity contribution is 0.259. The van der Waals surface area contributed by atoms with E-state index in [1.165, 1.54) is 6.92 Å². The largest absolute Gasteiger partial charge is 0.338 e. The molecular weight excluding hydrogens is 348 g/mol. The summed E-state index contributed by atoms with van der Waals surface area (Å²) in [5.74, 6) is -0.0856. The van der Waals surface area contributed by atoms with Crippen LogP contribution in [0.2, 0.25) is 0 Å². The SMILES string of the molecule is Cc1nn2c(=O)c3ccccc3nc2n(NC(=O)Nc2ccccc2)c1=O. The average Bonchev–Trinajstić information content (AvgIpc) is 2.67. The Morgan fingerprint density at radius 1 is 0.963 bits per heavy atom. The van der Waals surface area contributed by atoms with E-state index in [0.29, 0.717) is 16.6 Å². The second kappa shape index (κ2) is 6.37. The summed E-state index contributed by atoms with van der Waals surface area (Å²) in [7, 11) is 0. The lowest BCUT2D eigenvalue weighted by Gasteiger charge is -2.13. The van der Waals surface area contributed by atoms with Crippen LogP contribution in [0, 0.1) is 6.92 Å². The Balaban J connectivity index is 1.86. The van der Waals surface area contributed by atoms with Gasteiger partial charge in [0.2, 0.25) is 0 Å². The van der Waals surface area contributed by atoms with Gasteiger partial charge in [0, 0.05) is 5.69 Å². The second-order valence-electron chi connectivity index (χ2n) is 5.80. The molecule has 0 atom stereocenters. The molecule has 4 aromatic rings. The van der Waals surface area contributed by atoms with E-state index in [1.807, 2.05) is 6.07 Å². The molecule has 0 fully saturated rings. The minimum absolute atomic E-state index is 0.0432. The fourth-order valence-corrected chi connectivity index (χ4v) is 2.68. The number of anilines is 1. The van der Waals surface area contributed by atoms with Crippen LogP contribution in [0.25, 0.3) is 16.7 Å². The van der Waals surface area contributed by atoms with Crippen molar-refractivity contribution >= 4 is 28.4 Å². The fraction of sp³-hybridized carbons (Fsp3) is 0.0556. The van der Waals surface area contributed by atoms with Gasteiger partial charge in [0.1, 0.15) is 5.69 Å². The summed E-state index contributed by atoms with van der Waals surface area (Å²) >= 11 is 0. The third-order valence-electron chi connectivity index (χ3n) is 3.94. The number of hydrogen-bond acceptors (Lipinski definition) is 5. The highest BCUT2D eigenvalue weighted by Crippen LogP contribution is 2.08. The normalized spacial score (nSPS) is 10.9. The molecule has 2 aromatic carbocycles. The number of para-hydroxylation sites is 2. The van der Waals surface area contributed by atoms with Crippen LogP contribution in [0.1, 0.15) is 5.69 Å². The van der Waals surface area contributed by atoms with Crippen LogP contribution in [0.15, 0.2) is 64.2 Å². The monoisotopic (exact) mass is 362 g/mol. The summed E-state index contributed by atoms with van der Waals surface area (Å²) in [5.41, 5.74) is 2.40. The first-order chi connectivity index (χ1) is 13.0. The van der Waals surface area contributed by atoms with E-state index in [1.54, 1.807) is 48.5 Å². The molecule has 2 amide bonds. The Hall–Kier alpha value is -4.01. The number of benzene rings is 2. The smallest absolute Gasteiger partial charge is 0.307 e. The van der Waals surface area contributed by atoms with E-state index >= 15 is 0 Å². The number of urea groups is 1. The molecule has 0 spiro atoms. The van der Waals surface area contributed by atoms with Gasteiger partial charge in [0.25, 0.3) is 16.9 Å². The molecule has 0 radical (unpaired) electrons. The van der Waals surface area contributed by atoms with Crippen LogP contribution < -0.4 is 21.9 Å². The topological polar surface area (TPSA) is 110 Å². The fourth-order valence-electron chi connectivity index (χ4n) is 2.68. The van der Waals surface area contributed by atoms with E-state index < -0.39 is 17.1 Å². The maximum atomic E-state index is 12.7. The lowest BCUT2D eigenvalue weighted by Crippen LogP contribution is -2.40. The van der Waals surface area contributed by atoms with Gasteiger partial charge in [-0.05, 0) is 31.2 Å². The molecule has 0 bridgehead atoms. The van der Waals surface area contributed by atoms with Crippen molar-refractivity contribution in [1.82, 2.24) is 19.3 Å². The maximum Gasteiger partial charge on any atom is 0.338 e. The highest BCUT2D eigenvalue weighted by atomic mass is 16.2. The predicted octanol–water partition coefficient (Wildman–Crippen LogP) is 1.49. The predicted molar refractivity (Wildman–Crippen MR) is 101 cm³/mol. The Kier molecular flexibility index (Phi) is 3.88. The summed E-state index contributed by atoms with van der Waals surface area (Å²) in [6.45, 7) is 1.46. The van der Waals surface area contributed by atoms with Crippen molar-refractivity contribution in [2.45, 2.75) is 6.92 Å². The summed E-state index contributed by atoms with van der Waals surface area (Å²) in [6.07, 6.45) is 0. The second-order valence-corrected chi connectivity index (χ2v) is 5.80. The first-order valence-corrected chi connectivity index (χ1v) is 8.09. The molecule has 2 aromatic heterocycles. The highest BCUT2D eigenvalue weighted by Gasteiger charge is 2.15. The number of nitrogens with one attached hydrogen (secondary N) is 2. The molecule has 27 heavy (non-hydrogen) atoms. The van der Waals surface area contributed by atoms with Gasteiger partial charge < -0.3 is 5.32 Å². The van der Waals surface area contributed by atoms with Crippen molar-refractivity contribution in [3.63, 3.8) is 0 Å². The summed E-state index contributed by atoms with van der Waals surface area (Å²) < 4.78 is 1.91. The van der Waals surface area contributed by atoms with E-state index in [2.05, 4.69) is 20.8 Å². The number of carbonyl (C=O) groups is 1. The molecule has 0 aliphatic carbocycles.